The highest BCUT2D eigenvalue weighted by Crippen LogP contribution is 2.29. The predicted octanol–water partition coefficient (Wildman–Crippen LogP) is 3.73. The van der Waals surface area contributed by atoms with Crippen molar-refractivity contribution in [1.29, 1.82) is 0 Å². The summed E-state index contributed by atoms with van der Waals surface area (Å²) in [7, 11) is 0. The summed E-state index contributed by atoms with van der Waals surface area (Å²) in [6, 6.07) is 11.6. The van der Waals surface area contributed by atoms with Crippen LogP contribution in [0.15, 0.2) is 46.1 Å². The molecule has 3 aromatic rings. The van der Waals surface area contributed by atoms with E-state index in [4.69, 9.17) is 9.47 Å². The zero-order valence-electron chi connectivity index (χ0n) is 19.9. The summed E-state index contributed by atoms with van der Waals surface area (Å²) in [5.74, 6) is 0.257. The smallest absolute Gasteiger partial charge is 0.368 e. The molecule has 0 atom stereocenters. The Balaban J connectivity index is 1.73. The summed E-state index contributed by atoms with van der Waals surface area (Å²) in [4.78, 5) is 26.0. The minimum atomic E-state index is -1.09. The molecule has 0 N–H and O–H groups in total. The molecule has 0 unspecified atom stereocenters. The lowest BCUT2D eigenvalue weighted by atomic mass is 10.0. The third-order valence-electron chi connectivity index (χ3n) is 5.21. The van der Waals surface area contributed by atoms with Crippen molar-refractivity contribution >= 4 is 17.7 Å². The van der Waals surface area contributed by atoms with Gasteiger partial charge in [0.2, 0.25) is 0 Å². The Morgan fingerprint density at radius 2 is 1.73 bits per heavy atom. The molecule has 176 valence electrons. The number of carbonyl (C=O) groups is 1. The Bertz CT molecular complexity index is 1160. The van der Waals surface area contributed by atoms with Crippen LogP contribution in [0.1, 0.15) is 37.5 Å². The van der Waals surface area contributed by atoms with Crippen LogP contribution in [0.25, 0.3) is 5.69 Å². The second-order valence-electron chi connectivity index (χ2n) is 8.24. The molecule has 0 aliphatic rings. The minimum Gasteiger partial charge on any atom is -0.476 e. The maximum Gasteiger partial charge on any atom is 0.368 e. The third kappa shape index (κ3) is 5.65. The van der Waals surface area contributed by atoms with Gasteiger partial charge in [-0.15, -0.1) is 11.8 Å². The molecule has 33 heavy (non-hydrogen) atoms. The van der Waals surface area contributed by atoms with E-state index >= 15 is 0 Å². The summed E-state index contributed by atoms with van der Waals surface area (Å²) < 4.78 is 13.8. The van der Waals surface area contributed by atoms with Crippen LogP contribution in [0, 0.1) is 13.8 Å². The molecule has 0 bridgehead atoms. The first-order valence-corrected chi connectivity index (χ1v) is 12.0. The minimum absolute atomic E-state index is 0.281. The topological polar surface area (TPSA) is 88.2 Å². The van der Waals surface area contributed by atoms with Crippen molar-refractivity contribution in [2.24, 2.45) is 0 Å². The molecule has 0 radical (unpaired) electrons. The number of hydrogen-bond donors (Lipinski definition) is 0. The predicted molar refractivity (Wildman–Crippen MR) is 128 cm³/mol. The Kier molecular flexibility index (Phi) is 7.63. The van der Waals surface area contributed by atoms with E-state index in [-0.39, 0.29) is 5.69 Å². The fourth-order valence-corrected chi connectivity index (χ4v) is 3.89. The summed E-state index contributed by atoms with van der Waals surface area (Å²) in [6.45, 7) is 9.74. The summed E-state index contributed by atoms with van der Waals surface area (Å²) >= 11 is 1.64. The number of thioether (sulfide) groups is 1. The molecule has 0 fully saturated rings. The fraction of sp³-hybridized carbons (Fsp3) is 0.417. The van der Waals surface area contributed by atoms with E-state index in [9.17, 15) is 9.59 Å². The molecule has 8 nitrogen and oxygen atoms in total. The third-order valence-corrected chi connectivity index (χ3v) is 5.96. The molecule has 1 heterocycles. The van der Waals surface area contributed by atoms with Gasteiger partial charge in [0.25, 0.3) is 0 Å². The van der Waals surface area contributed by atoms with Crippen molar-refractivity contribution in [2.45, 2.75) is 58.1 Å². The average Bonchev–Trinajstić information content (AvgIpc) is 3.15. The van der Waals surface area contributed by atoms with Crippen LogP contribution >= 0.6 is 11.8 Å². The van der Waals surface area contributed by atoms with Crippen LogP contribution in [0.4, 0.5) is 0 Å². The Labute approximate surface area is 197 Å². The van der Waals surface area contributed by atoms with Gasteiger partial charge in [0, 0.05) is 4.90 Å². The lowest BCUT2D eigenvalue weighted by Crippen LogP contribution is -2.40. The SMILES string of the molecule is CCOC(=O)C(C)(C)Oc1c(C)cc(CCn2nnn(-c3ccc(SC)cc3)c2=O)cc1C. The number of esters is 1. The average molecular weight is 471 g/mol. The number of tetrazole rings is 1. The van der Waals surface area contributed by atoms with Crippen molar-refractivity contribution in [1.82, 2.24) is 19.8 Å². The monoisotopic (exact) mass is 470 g/mol. The van der Waals surface area contributed by atoms with Crippen LogP contribution in [0.3, 0.4) is 0 Å². The first-order valence-electron chi connectivity index (χ1n) is 10.8. The highest BCUT2D eigenvalue weighted by molar-refractivity contribution is 7.98. The van der Waals surface area contributed by atoms with Crippen LogP contribution in [-0.4, -0.2) is 44.2 Å². The molecular weight excluding hydrogens is 440 g/mol. The first kappa shape index (κ1) is 24.6. The van der Waals surface area contributed by atoms with Gasteiger partial charge in [-0.05, 0) is 98.7 Å². The highest BCUT2D eigenvalue weighted by atomic mass is 32.2. The van der Waals surface area contributed by atoms with E-state index in [1.54, 1.807) is 32.5 Å². The van der Waals surface area contributed by atoms with Crippen molar-refractivity contribution < 1.29 is 14.3 Å². The van der Waals surface area contributed by atoms with Gasteiger partial charge in [-0.3, -0.25) is 0 Å². The second-order valence-corrected chi connectivity index (χ2v) is 9.12. The van der Waals surface area contributed by atoms with Crippen LogP contribution < -0.4 is 10.4 Å². The zero-order chi connectivity index (χ0) is 24.2. The largest absolute Gasteiger partial charge is 0.476 e. The number of benzene rings is 2. The van der Waals surface area contributed by atoms with Gasteiger partial charge < -0.3 is 9.47 Å². The van der Waals surface area contributed by atoms with Crippen LogP contribution in [-0.2, 0) is 22.5 Å². The summed E-state index contributed by atoms with van der Waals surface area (Å²) in [6.07, 6.45) is 2.61. The Morgan fingerprint density at radius 1 is 1.09 bits per heavy atom. The molecule has 2 aromatic carbocycles. The lowest BCUT2D eigenvalue weighted by Gasteiger charge is -2.26. The number of hydrogen-bond acceptors (Lipinski definition) is 7. The second kappa shape index (κ2) is 10.2. The molecular formula is C24H30N4O4S. The maximum atomic E-state index is 12.7. The number of carbonyl (C=O) groups excluding carboxylic acids is 1. The van der Waals surface area contributed by atoms with Crippen molar-refractivity contribution in [3.8, 4) is 11.4 Å². The van der Waals surface area contributed by atoms with Gasteiger partial charge in [-0.25, -0.2) is 9.59 Å². The molecule has 0 saturated heterocycles. The van der Waals surface area contributed by atoms with Crippen molar-refractivity contribution in [3.05, 3.63) is 63.6 Å². The van der Waals surface area contributed by atoms with Crippen molar-refractivity contribution in [2.75, 3.05) is 12.9 Å². The van der Waals surface area contributed by atoms with E-state index < -0.39 is 11.6 Å². The zero-order valence-corrected chi connectivity index (χ0v) is 20.7. The normalized spacial score (nSPS) is 11.5. The molecule has 3 rings (SSSR count). The fourth-order valence-electron chi connectivity index (χ4n) is 3.48. The number of rotatable bonds is 9. The first-order chi connectivity index (χ1) is 15.7. The van der Waals surface area contributed by atoms with Gasteiger partial charge in [-0.2, -0.15) is 9.36 Å². The standard InChI is InChI=1S/C24H30N4O4S/c1-7-31-22(29)24(4,5)32-21-16(2)14-18(15-17(21)3)12-13-27-23(30)28(26-25-27)19-8-10-20(33-6)11-9-19/h8-11,14-15H,7,12-13H2,1-6H3. The van der Waals surface area contributed by atoms with Gasteiger partial charge in [0.1, 0.15) is 5.75 Å². The molecule has 0 spiro atoms. The van der Waals surface area contributed by atoms with E-state index in [1.807, 2.05) is 56.5 Å². The number of aromatic nitrogens is 4. The quantitative estimate of drug-likeness (QED) is 0.348. The lowest BCUT2D eigenvalue weighted by molar-refractivity contribution is -0.158. The highest BCUT2D eigenvalue weighted by Gasteiger charge is 2.32. The van der Waals surface area contributed by atoms with Gasteiger partial charge in [0.15, 0.2) is 5.60 Å². The van der Waals surface area contributed by atoms with E-state index in [1.165, 1.54) is 9.36 Å². The molecule has 0 aliphatic carbocycles. The molecule has 0 amide bonds. The van der Waals surface area contributed by atoms with E-state index in [2.05, 4.69) is 10.4 Å². The van der Waals surface area contributed by atoms with Gasteiger partial charge in [0.05, 0.1) is 18.8 Å². The summed E-state index contributed by atoms with van der Waals surface area (Å²) in [5, 5.41) is 8.05. The van der Waals surface area contributed by atoms with Crippen LogP contribution in [0.2, 0.25) is 0 Å². The van der Waals surface area contributed by atoms with Crippen molar-refractivity contribution in [3.63, 3.8) is 0 Å². The molecule has 0 saturated carbocycles. The number of aryl methyl sites for hydroxylation is 4. The number of ether oxygens (including phenoxy) is 2. The maximum absolute atomic E-state index is 12.7. The summed E-state index contributed by atoms with van der Waals surface area (Å²) in [5.41, 5.74) is 2.17. The number of nitrogens with zero attached hydrogens (tertiary/aromatic N) is 4. The van der Waals surface area contributed by atoms with Gasteiger partial charge in [-0.1, -0.05) is 12.1 Å². The molecule has 0 aliphatic heterocycles. The molecule has 1 aromatic heterocycles. The van der Waals surface area contributed by atoms with Crippen LogP contribution in [0.5, 0.6) is 5.75 Å². The van der Waals surface area contributed by atoms with E-state index in [0.29, 0.717) is 31.0 Å². The Morgan fingerprint density at radius 3 is 2.30 bits per heavy atom. The Hall–Kier alpha value is -3.07. The van der Waals surface area contributed by atoms with Gasteiger partial charge >= 0.3 is 11.7 Å². The molecule has 9 heteroatoms. The van der Waals surface area contributed by atoms with E-state index in [0.717, 1.165) is 21.6 Å².